The average molecular weight is 212 g/mol. The van der Waals surface area contributed by atoms with E-state index >= 15 is 0 Å². The van der Waals surface area contributed by atoms with Crippen LogP contribution in [-0.4, -0.2) is 22.4 Å². The van der Waals surface area contributed by atoms with Gasteiger partial charge in [0, 0.05) is 6.20 Å². The van der Waals surface area contributed by atoms with E-state index < -0.39 is 5.97 Å². The first-order valence-electron chi connectivity index (χ1n) is 4.86. The molecule has 0 saturated carbocycles. The van der Waals surface area contributed by atoms with Crippen LogP contribution in [0.2, 0.25) is 0 Å². The van der Waals surface area contributed by atoms with Crippen molar-refractivity contribution in [2.75, 3.05) is 6.61 Å². The lowest BCUT2D eigenvalue weighted by atomic mass is 10.1. The summed E-state index contributed by atoms with van der Waals surface area (Å²) in [5, 5.41) is 2.76. The molecule has 1 aromatic heterocycles. The predicted molar refractivity (Wildman–Crippen MR) is 56.0 cm³/mol. The second kappa shape index (κ2) is 3.92. The standard InChI is InChI=1S/C10H16N2O3/c1-5-15-9(14)7-6-11-12(8(7)13)10(2,3)4/h6,11H,5H2,1-4H3. The van der Waals surface area contributed by atoms with E-state index in [1.54, 1.807) is 6.92 Å². The zero-order valence-corrected chi connectivity index (χ0v) is 9.46. The average Bonchev–Trinajstić information content (AvgIpc) is 2.46. The van der Waals surface area contributed by atoms with Crippen LogP contribution in [0.4, 0.5) is 0 Å². The number of rotatable bonds is 2. The number of esters is 1. The minimum Gasteiger partial charge on any atom is -0.462 e. The molecule has 0 amide bonds. The van der Waals surface area contributed by atoms with Crippen LogP contribution in [0.5, 0.6) is 0 Å². The molecule has 1 aromatic rings. The summed E-state index contributed by atoms with van der Waals surface area (Å²) in [6, 6.07) is 0. The number of hydrogen-bond donors (Lipinski definition) is 1. The lowest BCUT2D eigenvalue weighted by Gasteiger charge is -2.18. The molecule has 0 aliphatic rings. The zero-order chi connectivity index (χ0) is 11.6. The van der Waals surface area contributed by atoms with Gasteiger partial charge in [0.1, 0.15) is 5.56 Å². The minimum absolute atomic E-state index is 0.0479. The Balaban J connectivity index is 3.11. The molecule has 0 unspecified atom stereocenters. The maximum Gasteiger partial charge on any atom is 0.345 e. The van der Waals surface area contributed by atoms with Gasteiger partial charge in [0.2, 0.25) is 0 Å². The number of nitrogens with zero attached hydrogens (tertiary/aromatic N) is 1. The fraction of sp³-hybridized carbons (Fsp3) is 0.600. The summed E-state index contributed by atoms with van der Waals surface area (Å²) in [5.41, 5.74) is -0.672. The molecule has 1 heterocycles. The number of H-pyrrole nitrogens is 1. The Morgan fingerprint density at radius 2 is 2.13 bits per heavy atom. The lowest BCUT2D eigenvalue weighted by molar-refractivity contribution is 0.0524. The lowest BCUT2D eigenvalue weighted by Crippen LogP contribution is -2.34. The first-order valence-corrected chi connectivity index (χ1v) is 4.86. The quantitative estimate of drug-likeness (QED) is 0.747. The highest BCUT2D eigenvalue weighted by molar-refractivity contribution is 5.88. The van der Waals surface area contributed by atoms with Crippen LogP contribution in [0, 0.1) is 0 Å². The minimum atomic E-state index is -0.582. The molecular formula is C10H16N2O3. The van der Waals surface area contributed by atoms with Gasteiger partial charge in [0.25, 0.3) is 5.56 Å². The molecule has 0 aromatic carbocycles. The van der Waals surface area contributed by atoms with Crippen LogP contribution in [0.3, 0.4) is 0 Å². The van der Waals surface area contributed by atoms with E-state index in [1.165, 1.54) is 10.9 Å². The van der Waals surface area contributed by atoms with Gasteiger partial charge < -0.3 is 9.84 Å². The van der Waals surface area contributed by atoms with E-state index in [2.05, 4.69) is 5.10 Å². The molecule has 0 radical (unpaired) electrons. The molecule has 5 heteroatoms. The van der Waals surface area contributed by atoms with Gasteiger partial charge in [-0.1, -0.05) is 0 Å². The Hall–Kier alpha value is -1.52. The second-order valence-electron chi connectivity index (χ2n) is 4.22. The van der Waals surface area contributed by atoms with Crippen LogP contribution in [0.25, 0.3) is 0 Å². The Kier molecular flexibility index (Phi) is 3.02. The molecule has 0 aliphatic heterocycles. The number of nitrogens with one attached hydrogen (secondary N) is 1. The van der Waals surface area contributed by atoms with E-state index in [-0.39, 0.29) is 23.3 Å². The summed E-state index contributed by atoms with van der Waals surface area (Å²) in [7, 11) is 0. The molecule has 0 bridgehead atoms. The van der Waals surface area contributed by atoms with Crippen LogP contribution in [0.15, 0.2) is 11.0 Å². The fourth-order valence-corrected chi connectivity index (χ4v) is 1.22. The van der Waals surface area contributed by atoms with Gasteiger partial charge in [-0.25, -0.2) is 9.48 Å². The molecule has 0 aliphatic carbocycles. The number of aromatic nitrogens is 2. The van der Waals surface area contributed by atoms with Crippen molar-refractivity contribution in [2.24, 2.45) is 0 Å². The fourth-order valence-electron chi connectivity index (χ4n) is 1.22. The van der Waals surface area contributed by atoms with Gasteiger partial charge in [0.05, 0.1) is 12.1 Å². The van der Waals surface area contributed by atoms with Crippen molar-refractivity contribution < 1.29 is 9.53 Å². The molecule has 0 fully saturated rings. The first-order chi connectivity index (χ1) is 6.88. The number of hydrogen-bond acceptors (Lipinski definition) is 3. The van der Waals surface area contributed by atoms with Gasteiger partial charge in [-0.3, -0.25) is 4.79 Å². The van der Waals surface area contributed by atoms with Gasteiger partial charge >= 0.3 is 5.97 Å². The van der Waals surface area contributed by atoms with Crippen molar-refractivity contribution in [1.82, 2.24) is 9.78 Å². The number of ether oxygens (including phenoxy) is 1. The molecule has 15 heavy (non-hydrogen) atoms. The van der Waals surface area contributed by atoms with Crippen LogP contribution < -0.4 is 5.56 Å². The molecule has 1 rings (SSSR count). The summed E-state index contributed by atoms with van der Waals surface area (Å²) in [5.74, 6) is -0.582. The number of carbonyl (C=O) groups is 1. The Bertz CT molecular complexity index is 409. The first kappa shape index (κ1) is 11.6. The van der Waals surface area contributed by atoms with E-state index in [0.717, 1.165) is 0 Å². The maximum absolute atomic E-state index is 11.8. The predicted octanol–water partition coefficient (Wildman–Crippen LogP) is 1.11. The summed E-state index contributed by atoms with van der Waals surface area (Å²) in [6.45, 7) is 7.59. The summed E-state index contributed by atoms with van der Waals surface area (Å²) >= 11 is 0. The largest absolute Gasteiger partial charge is 0.462 e. The van der Waals surface area contributed by atoms with Crippen molar-refractivity contribution in [3.63, 3.8) is 0 Å². The third kappa shape index (κ3) is 2.29. The Morgan fingerprint density at radius 1 is 1.53 bits per heavy atom. The van der Waals surface area contributed by atoms with Gasteiger partial charge in [-0.15, -0.1) is 0 Å². The molecule has 1 N–H and O–H groups in total. The van der Waals surface area contributed by atoms with Crippen LogP contribution >= 0.6 is 0 Å². The van der Waals surface area contributed by atoms with Crippen molar-refractivity contribution in [1.29, 1.82) is 0 Å². The summed E-state index contributed by atoms with van der Waals surface area (Å²) in [4.78, 5) is 23.1. The summed E-state index contributed by atoms with van der Waals surface area (Å²) in [6.07, 6.45) is 1.38. The maximum atomic E-state index is 11.8. The molecule has 84 valence electrons. The molecular weight excluding hydrogens is 196 g/mol. The zero-order valence-electron chi connectivity index (χ0n) is 9.46. The van der Waals surface area contributed by atoms with Gasteiger partial charge in [-0.2, -0.15) is 0 Å². The number of carbonyl (C=O) groups excluding carboxylic acids is 1. The highest BCUT2D eigenvalue weighted by Crippen LogP contribution is 2.09. The Labute approximate surface area is 88.0 Å². The molecule has 0 saturated heterocycles. The van der Waals surface area contributed by atoms with E-state index in [1.807, 2.05) is 20.8 Å². The SMILES string of the molecule is CCOC(=O)c1c[nH]n(C(C)(C)C)c1=O. The van der Waals surface area contributed by atoms with E-state index in [4.69, 9.17) is 4.74 Å². The van der Waals surface area contributed by atoms with Crippen molar-refractivity contribution in [3.05, 3.63) is 22.1 Å². The third-order valence-electron chi connectivity index (χ3n) is 1.94. The second-order valence-corrected chi connectivity index (χ2v) is 4.22. The summed E-state index contributed by atoms with van der Waals surface area (Å²) < 4.78 is 6.16. The van der Waals surface area contributed by atoms with Crippen molar-refractivity contribution in [3.8, 4) is 0 Å². The van der Waals surface area contributed by atoms with Gasteiger partial charge in [-0.05, 0) is 27.7 Å². The molecule has 0 atom stereocenters. The Morgan fingerprint density at radius 3 is 2.53 bits per heavy atom. The smallest absolute Gasteiger partial charge is 0.345 e. The highest BCUT2D eigenvalue weighted by atomic mass is 16.5. The highest BCUT2D eigenvalue weighted by Gasteiger charge is 2.21. The number of aromatic amines is 1. The topological polar surface area (TPSA) is 64.1 Å². The molecule has 5 nitrogen and oxygen atoms in total. The van der Waals surface area contributed by atoms with E-state index in [9.17, 15) is 9.59 Å². The van der Waals surface area contributed by atoms with Crippen LogP contribution in [-0.2, 0) is 10.3 Å². The van der Waals surface area contributed by atoms with Gasteiger partial charge in [0.15, 0.2) is 0 Å². The normalized spacial score (nSPS) is 11.5. The van der Waals surface area contributed by atoms with Crippen molar-refractivity contribution >= 4 is 5.97 Å². The van der Waals surface area contributed by atoms with E-state index in [0.29, 0.717) is 0 Å². The van der Waals surface area contributed by atoms with Crippen molar-refractivity contribution in [2.45, 2.75) is 33.2 Å². The molecule has 0 spiro atoms. The monoisotopic (exact) mass is 212 g/mol. The third-order valence-corrected chi connectivity index (χ3v) is 1.94. The van der Waals surface area contributed by atoms with Crippen LogP contribution in [0.1, 0.15) is 38.1 Å².